The van der Waals surface area contributed by atoms with Crippen molar-refractivity contribution in [2.75, 3.05) is 5.23 Å². The van der Waals surface area contributed by atoms with Crippen molar-refractivity contribution in [1.82, 2.24) is 4.57 Å². The zero-order chi connectivity index (χ0) is 15.7. The van der Waals surface area contributed by atoms with Crippen molar-refractivity contribution in [3.8, 4) is 0 Å². The monoisotopic (exact) mass is 297 g/mol. The number of rotatable bonds is 3. The number of carbonyl (C=O) groups is 1. The highest BCUT2D eigenvalue weighted by Crippen LogP contribution is 2.23. The summed E-state index contributed by atoms with van der Waals surface area (Å²) in [5, 5.41) is 19.1. The van der Waals surface area contributed by atoms with Gasteiger partial charge >= 0.3 is 0 Å². The maximum absolute atomic E-state index is 12.7. The van der Waals surface area contributed by atoms with Crippen LogP contribution in [-0.2, 0) is 6.54 Å². The minimum Gasteiger partial charge on any atom is -0.326 e. The van der Waals surface area contributed by atoms with Gasteiger partial charge in [-0.15, -0.1) is 5.23 Å². The van der Waals surface area contributed by atoms with E-state index in [9.17, 15) is 4.79 Å². The predicted octanol–water partition coefficient (Wildman–Crippen LogP) is 2.37. The summed E-state index contributed by atoms with van der Waals surface area (Å²) in [6.07, 6.45) is 1.72. The van der Waals surface area contributed by atoms with Crippen LogP contribution in [0.25, 0.3) is 10.9 Å². The van der Waals surface area contributed by atoms with Crippen LogP contribution in [0.4, 0.5) is 5.69 Å². The lowest BCUT2D eigenvalue weighted by atomic mass is 10.1. The van der Waals surface area contributed by atoms with Crippen LogP contribution in [0.3, 0.4) is 0 Å². The molecule has 0 fully saturated rings. The van der Waals surface area contributed by atoms with Crippen LogP contribution in [0.2, 0.25) is 0 Å². The molecule has 3 aromatic rings. The van der Waals surface area contributed by atoms with E-state index in [0.717, 1.165) is 16.5 Å². The summed E-state index contributed by atoms with van der Waals surface area (Å²) in [7, 11) is 0. The third-order valence-corrected chi connectivity index (χ3v) is 3.56. The molecule has 0 atom stereocenters. The van der Waals surface area contributed by atoms with Crippen molar-refractivity contribution in [2.24, 2.45) is 5.73 Å². The van der Waals surface area contributed by atoms with Crippen molar-refractivity contribution < 1.29 is 15.2 Å². The Morgan fingerprint density at radius 2 is 1.91 bits per heavy atom. The minimum absolute atomic E-state index is 0.0180. The van der Waals surface area contributed by atoms with Crippen LogP contribution in [-0.4, -0.2) is 20.9 Å². The molecule has 0 aliphatic carbocycles. The quantitative estimate of drug-likeness (QED) is 0.646. The molecule has 0 radical (unpaired) electrons. The van der Waals surface area contributed by atoms with Crippen molar-refractivity contribution in [3.05, 3.63) is 65.9 Å². The highest BCUT2D eigenvalue weighted by atomic mass is 16.8. The van der Waals surface area contributed by atoms with E-state index < -0.39 is 0 Å². The number of carbonyl (C=O) groups excluding carboxylic acids is 1. The van der Waals surface area contributed by atoms with Gasteiger partial charge in [0, 0.05) is 23.7 Å². The molecule has 6 nitrogen and oxygen atoms in total. The molecule has 1 aromatic heterocycles. The summed E-state index contributed by atoms with van der Waals surface area (Å²) < 4.78 is 1.52. The number of fused-ring (bicyclic) bond motifs is 1. The van der Waals surface area contributed by atoms with Gasteiger partial charge in [0.1, 0.15) is 0 Å². The Morgan fingerprint density at radius 1 is 1.14 bits per heavy atom. The summed E-state index contributed by atoms with van der Waals surface area (Å²) >= 11 is 0. The fraction of sp³-hybridized carbons (Fsp3) is 0.0625. The average Bonchev–Trinajstić information content (AvgIpc) is 2.93. The minimum atomic E-state index is -0.264. The normalized spacial score (nSPS) is 10.9. The molecule has 22 heavy (non-hydrogen) atoms. The fourth-order valence-corrected chi connectivity index (χ4v) is 2.48. The lowest BCUT2D eigenvalue weighted by Crippen LogP contribution is -2.14. The predicted molar refractivity (Wildman–Crippen MR) is 82.1 cm³/mol. The molecule has 0 spiro atoms. The Kier molecular flexibility index (Phi) is 3.64. The number of para-hydroxylation sites is 1. The Hall–Kier alpha value is -2.67. The first-order valence-electron chi connectivity index (χ1n) is 6.73. The van der Waals surface area contributed by atoms with Gasteiger partial charge in [-0.2, -0.15) is 0 Å². The summed E-state index contributed by atoms with van der Waals surface area (Å²) in [6.45, 7) is 0.335. The van der Waals surface area contributed by atoms with E-state index in [-0.39, 0.29) is 16.8 Å². The number of hydrogen-bond donors (Lipinski definition) is 3. The van der Waals surface area contributed by atoms with E-state index in [1.54, 1.807) is 18.3 Å². The number of benzene rings is 2. The Balaban J connectivity index is 2.11. The molecule has 0 aliphatic heterocycles. The second-order valence-electron chi connectivity index (χ2n) is 4.89. The number of nitrogens with two attached hydrogens (primary N) is 1. The van der Waals surface area contributed by atoms with Crippen LogP contribution in [0.15, 0.2) is 54.7 Å². The largest absolute Gasteiger partial charge is 0.326 e. The van der Waals surface area contributed by atoms with E-state index in [0.29, 0.717) is 12.1 Å². The van der Waals surface area contributed by atoms with E-state index >= 15 is 0 Å². The molecule has 3 rings (SSSR count). The first-order valence-corrected chi connectivity index (χ1v) is 6.73. The second-order valence-corrected chi connectivity index (χ2v) is 4.89. The zero-order valence-electron chi connectivity index (χ0n) is 11.7. The van der Waals surface area contributed by atoms with E-state index in [2.05, 4.69) is 0 Å². The second kappa shape index (κ2) is 5.61. The van der Waals surface area contributed by atoms with Crippen molar-refractivity contribution in [3.63, 3.8) is 0 Å². The molecule has 0 bridgehead atoms. The standard InChI is InChI=1S/C16H15N3O3/c17-9-12-10-18(15-7-2-1-6-14(12)15)16(20)11-4-3-5-13(8-11)19(21)22/h1-8,10,21-22H,9,17H2. The first-order chi connectivity index (χ1) is 10.6. The van der Waals surface area contributed by atoms with Crippen LogP contribution < -0.4 is 11.0 Å². The van der Waals surface area contributed by atoms with Gasteiger partial charge in [0.15, 0.2) is 0 Å². The van der Waals surface area contributed by atoms with Crippen LogP contribution in [0.1, 0.15) is 15.9 Å². The topological polar surface area (TPSA) is 91.7 Å². The Bertz CT molecular complexity index is 840. The van der Waals surface area contributed by atoms with Crippen LogP contribution in [0, 0.1) is 0 Å². The van der Waals surface area contributed by atoms with Gasteiger partial charge in [-0.3, -0.25) is 19.8 Å². The zero-order valence-corrected chi connectivity index (χ0v) is 11.7. The highest BCUT2D eigenvalue weighted by Gasteiger charge is 2.15. The summed E-state index contributed by atoms with van der Waals surface area (Å²) in [6, 6.07) is 13.6. The maximum atomic E-state index is 12.7. The van der Waals surface area contributed by atoms with Crippen molar-refractivity contribution in [1.29, 1.82) is 0 Å². The van der Waals surface area contributed by atoms with Crippen LogP contribution >= 0.6 is 0 Å². The Labute approximate surface area is 126 Å². The first kappa shape index (κ1) is 14.3. The lowest BCUT2D eigenvalue weighted by Gasteiger charge is -2.09. The summed E-state index contributed by atoms with van der Waals surface area (Å²) in [5.41, 5.74) is 7.84. The SMILES string of the molecule is NCc1cn(C(=O)c2cccc(N(O)O)c2)c2ccccc12. The molecular weight excluding hydrogens is 282 g/mol. The smallest absolute Gasteiger partial charge is 0.262 e. The lowest BCUT2D eigenvalue weighted by molar-refractivity contribution is 0.0291. The molecule has 6 heteroatoms. The van der Waals surface area contributed by atoms with Crippen LogP contribution in [0.5, 0.6) is 0 Å². The van der Waals surface area contributed by atoms with E-state index in [1.807, 2.05) is 24.3 Å². The number of hydrogen-bond acceptors (Lipinski definition) is 5. The summed E-state index contributed by atoms with van der Waals surface area (Å²) in [5.74, 6) is -0.264. The van der Waals surface area contributed by atoms with Crippen molar-refractivity contribution >= 4 is 22.5 Å². The molecule has 112 valence electrons. The third kappa shape index (κ3) is 2.35. The average molecular weight is 297 g/mol. The van der Waals surface area contributed by atoms with E-state index in [4.69, 9.17) is 16.1 Å². The highest BCUT2D eigenvalue weighted by molar-refractivity contribution is 6.03. The van der Waals surface area contributed by atoms with Gasteiger partial charge in [-0.05, 0) is 29.8 Å². The molecule has 2 aromatic carbocycles. The molecule has 0 unspecified atom stereocenters. The van der Waals surface area contributed by atoms with Gasteiger partial charge in [-0.25, -0.2) is 0 Å². The molecule has 0 amide bonds. The van der Waals surface area contributed by atoms with E-state index in [1.165, 1.54) is 16.7 Å². The molecular formula is C16H15N3O3. The fourth-order valence-electron chi connectivity index (χ4n) is 2.48. The van der Waals surface area contributed by atoms with Gasteiger partial charge < -0.3 is 5.73 Å². The molecule has 0 aliphatic rings. The number of nitrogens with zero attached hydrogens (tertiary/aromatic N) is 2. The maximum Gasteiger partial charge on any atom is 0.262 e. The Morgan fingerprint density at radius 3 is 2.64 bits per heavy atom. The van der Waals surface area contributed by atoms with Gasteiger partial charge in [0.2, 0.25) is 0 Å². The molecule has 0 saturated heterocycles. The van der Waals surface area contributed by atoms with Crippen molar-refractivity contribution in [2.45, 2.75) is 6.54 Å². The molecule has 1 heterocycles. The number of aromatic nitrogens is 1. The third-order valence-electron chi connectivity index (χ3n) is 3.56. The van der Waals surface area contributed by atoms with Gasteiger partial charge in [-0.1, -0.05) is 24.3 Å². The van der Waals surface area contributed by atoms with Gasteiger partial charge in [0.05, 0.1) is 11.2 Å². The summed E-state index contributed by atoms with van der Waals surface area (Å²) in [4.78, 5) is 12.7. The molecule has 4 N–H and O–H groups in total. The van der Waals surface area contributed by atoms with Gasteiger partial charge in [0.25, 0.3) is 5.91 Å². The number of anilines is 1. The molecule has 0 saturated carbocycles.